The number of sulfonamides is 1. The fourth-order valence-corrected chi connectivity index (χ4v) is 3.79. The van der Waals surface area contributed by atoms with Gasteiger partial charge in [0.25, 0.3) is 0 Å². The molecule has 0 saturated carbocycles. The molecule has 2 N–H and O–H groups in total. The van der Waals surface area contributed by atoms with Crippen molar-refractivity contribution in [2.75, 3.05) is 11.9 Å². The molecular weight excluding hydrogens is 304 g/mol. The summed E-state index contributed by atoms with van der Waals surface area (Å²) in [6.45, 7) is 4.47. The van der Waals surface area contributed by atoms with Gasteiger partial charge in [0.05, 0.1) is 4.90 Å². The number of anilines is 1. The molecule has 0 aliphatic rings. The van der Waals surface area contributed by atoms with Gasteiger partial charge in [0.15, 0.2) is 0 Å². The van der Waals surface area contributed by atoms with Crippen LogP contribution < -0.4 is 10.0 Å². The maximum Gasteiger partial charge on any atom is 0.240 e. The van der Waals surface area contributed by atoms with Crippen LogP contribution >= 0.6 is 11.3 Å². The van der Waals surface area contributed by atoms with Crippen LogP contribution in [0.1, 0.15) is 31.9 Å². The molecule has 4 nitrogen and oxygen atoms in total. The van der Waals surface area contributed by atoms with E-state index >= 15 is 0 Å². The van der Waals surface area contributed by atoms with Crippen molar-refractivity contribution in [1.29, 1.82) is 0 Å². The highest BCUT2D eigenvalue weighted by atomic mass is 32.2. The van der Waals surface area contributed by atoms with Gasteiger partial charge in [0.2, 0.25) is 10.0 Å². The highest BCUT2D eigenvalue weighted by Crippen LogP contribution is 2.22. The van der Waals surface area contributed by atoms with Crippen molar-refractivity contribution in [1.82, 2.24) is 4.72 Å². The standard InChI is InChI=1S/C15H20N2O2S2/c1-3-9-16-21(18,19)15-6-4-14(5-7-15)17-12(2)13-8-10-20-11-13/h4-8,10-12,16-17H,3,9H2,1-2H3. The van der Waals surface area contributed by atoms with Crippen LogP contribution in [-0.4, -0.2) is 15.0 Å². The van der Waals surface area contributed by atoms with Crippen molar-refractivity contribution < 1.29 is 8.42 Å². The molecule has 0 aliphatic carbocycles. The fourth-order valence-electron chi connectivity index (χ4n) is 1.90. The van der Waals surface area contributed by atoms with Crippen LogP contribution in [0.25, 0.3) is 0 Å². The summed E-state index contributed by atoms with van der Waals surface area (Å²) in [6, 6.07) is 9.11. The number of nitrogens with one attached hydrogen (secondary N) is 2. The molecule has 6 heteroatoms. The van der Waals surface area contributed by atoms with Crippen LogP contribution in [0, 0.1) is 0 Å². The zero-order valence-electron chi connectivity index (χ0n) is 12.2. The molecule has 0 spiro atoms. The van der Waals surface area contributed by atoms with E-state index in [2.05, 4.69) is 28.4 Å². The Morgan fingerprint density at radius 3 is 2.48 bits per heavy atom. The third-order valence-electron chi connectivity index (χ3n) is 3.13. The quantitative estimate of drug-likeness (QED) is 0.818. The second-order valence-corrected chi connectivity index (χ2v) is 7.39. The van der Waals surface area contributed by atoms with E-state index in [1.807, 2.05) is 12.3 Å². The molecule has 1 heterocycles. The van der Waals surface area contributed by atoms with E-state index < -0.39 is 10.0 Å². The predicted octanol–water partition coefficient (Wildman–Crippen LogP) is 3.61. The molecular formula is C15H20N2O2S2. The molecule has 1 aromatic heterocycles. The van der Waals surface area contributed by atoms with Crippen LogP contribution in [0.2, 0.25) is 0 Å². The molecule has 2 aromatic rings. The average Bonchev–Trinajstić information content (AvgIpc) is 3.00. The van der Waals surface area contributed by atoms with Gasteiger partial charge in [-0.1, -0.05) is 6.92 Å². The lowest BCUT2D eigenvalue weighted by atomic mass is 10.2. The number of rotatable bonds is 7. The van der Waals surface area contributed by atoms with E-state index in [1.54, 1.807) is 35.6 Å². The van der Waals surface area contributed by atoms with Crippen LogP contribution in [0.4, 0.5) is 5.69 Å². The first-order valence-electron chi connectivity index (χ1n) is 6.91. The van der Waals surface area contributed by atoms with Crippen molar-refractivity contribution in [3.8, 4) is 0 Å². The van der Waals surface area contributed by atoms with E-state index in [0.29, 0.717) is 11.4 Å². The second-order valence-electron chi connectivity index (χ2n) is 4.84. The summed E-state index contributed by atoms with van der Waals surface area (Å²) in [4.78, 5) is 0.296. The van der Waals surface area contributed by atoms with Gasteiger partial charge in [-0.15, -0.1) is 0 Å². The Balaban J connectivity index is 2.05. The Hall–Kier alpha value is -1.37. The van der Waals surface area contributed by atoms with E-state index in [9.17, 15) is 8.42 Å². The summed E-state index contributed by atoms with van der Waals surface area (Å²) in [5, 5.41) is 7.50. The first kappa shape index (κ1) is 16.0. The molecule has 0 bridgehead atoms. The number of benzene rings is 1. The lowest BCUT2D eigenvalue weighted by molar-refractivity contribution is 0.581. The largest absolute Gasteiger partial charge is 0.378 e. The number of hydrogen-bond acceptors (Lipinski definition) is 4. The topological polar surface area (TPSA) is 58.2 Å². The molecule has 1 atom stereocenters. The molecule has 1 aromatic carbocycles. The molecule has 0 fully saturated rings. The van der Waals surface area contributed by atoms with Crippen molar-refractivity contribution in [2.45, 2.75) is 31.2 Å². The summed E-state index contributed by atoms with van der Waals surface area (Å²) >= 11 is 1.66. The maximum absolute atomic E-state index is 12.0. The van der Waals surface area contributed by atoms with E-state index in [0.717, 1.165) is 12.1 Å². The maximum atomic E-state index is 12.0. The summed E-state index contributed by atoms with van der Waals surface area (Å²) in [6.07, 6.45) is 0.775. The third-order valence-corrected chi connectivity index (χ3v) is 5.31. The zero-order chi connectivity index (χ0) is 15.3. The first-order chi connectivity index (χ1) is 10.0. The van der Waals surface area contributed by atoms with Gasteiger partial charge in [0.1, 0.15) is 0 Å². The fraction of sp³-hybridized carbons (Fsp3) is 0.333. The Bertz CT molecular complexity index is 649. The van der Waals surface area contributed by atoms with Gasteiger partial charge in [0, 0.05) is 18.3 Å². The average molecular weight is 324 g/mol. The van der Waals surface area contributed by atoms with Gasteiger partial charge >= 0.3 is 0 Å². The lowest BCUT2D eigenvalue weighted by Gasteiger charge is -2.14. The molecule has 2 rings (SSSR count). The third kappa shape index (κ3) is 4.30. The molecule has 0 saturated heterocycles. The summed E-state index contributed by atoms with van der Waals surface area (Å²) in [5.41, 5.74) is 2.13. The summed E-state index contributed by atoms with van der Waals surface area (Å²) in [7, 11) is -3.39. The number of hydrogen-bond donors (Lipinski definition) is 2. The van der Waals surface area contributed by atoms with Gasteiger partial charge < -0.3 is 5.32 Å². The van der Waals surface area contributed by atoms with Gasteiger partial charge in [-0.2, -0.15) is 11.3 Å². The molecule has 114 valence electrons. The van der Waals surface area contributed by atoms with Crippen LogP contribution in [-0.2, 0) is 10.0 Å². The Kier molecular flexibility index (Phi) is 5.39. The van der Waals surface area contributed by atoms with Gasteiger partial charge in [-0.25, -0.2) is 13.1 Å². The van der Waals surface area contributed by atoms with E-state index in [4.69, 9.17) is 0 Å². The lowest BCUT2D eigenvalue weighted by Crippen LogP contribution is -2.24. The van der Waals surface area contributed by atoms with Crippen LogP contribution in [0.5, 0.6) is 0 Å². The summed E-state index contributed by atoms with van der Waals surface area (Å²) < 4.78 is 26.5. The normalized spacial score (nSPS) is 13.0. The van der Waals surface area contributed by atoms with Gasteiger partial charge in [-0.05, 0) is 60.0 Å². The van der Waals surface area contributed by atoms with Crippen molar-refractivity contribution >= 4 is 27.0 Å². The number of thiophene rings is 1. The second kappa shape index (κ2) is 7.06. The predicted molar refractivity (Wildman–Crippen MR) is 88.3 cm³/mol. The van der Waals surface area contributed by atoms with E-state index in [1.165, 1.54) is 5.56 Å². The first-order valence-corrected chi connectivity index (χ1v) is 9.34. The Morgan fingerprint density at radius 2 is 1.90 bits per heavy atom. The molecule has 0 aliphatic heterocycles. The highest BCUT2D eigenvalue weighted by Gasteiger charge is 2.13. The Morgan fingerprint density at radius 1 is 1.19 bits per heavy atom. The minimum atomic E-state index is -3.39. The molecule has 0 radical (unpaired) electrons. The van der Waals surface area contributed by atoms with Crippen LogP contribution in [0.15, 0.2) is 46.0 Å². The molecule has 1 unspecified atom stereocenters. The van der Waals surface area contributed by atoms with Crippen molar-refractivity contribution in [3.05, 3.63) is 46.7 Å². The van der Waals surface area contributed by atoms with Crippen molar-refractivity contribution in [2.24, 2.45) is 0 Å². The monoisotopic (exact) mass is 324 g/mol. The smallest absolute Gasteiger partial charge is 0.240 e. The summed E-state index contributed by atoms with van der Waals surface area (Å²) in [5.74, 6) is 0. The molecule has 0 amide bonds. The zero-order valence-corrected chi connectivity index (χ0v) is 13.8. The Labute approximate surface area is 130 Å². The minimum absolute atomic E-state index is 0.192. The van der Waals surface area contributed by atoms with E-state index in [-0.39, 0.29) is 6.04 Å². The van der Waals surface area contributed by atoms with Crippen molar-refractivity contribution in [3.63, 3.8) is 0 Å². The van der Waals surface area contributed by atoms with Gasteiger partial charge in [-0.3, -0.25) is 0 Å². The molecule has 21 heavy (non-hydrogen) atoms. The minimum Gasteiger partial charge on any atom is -0.378 e. The highest BCUT2D eigenvalue weighted by molar-refractivity contribution is 7.89. The SMILES string of the molecule is CCCNS(=O)(=O)c1ccc(NC(C)c2ccsc2)cc1. The van der Waals surface area contributed by atoms with Crippen LogP contribution in [0.3, 0.4) is 0 Å².